The zero-order valence-electron chi connectivity index (χ0n) is 15.2. The smallest absolute Gasteiger partial charge is 0.306 e. The van der Waals surface area contributed by atoms with Gasteiger partial charge in [-0.3, -0.25) is 14.7 Å². The number of hydrogen-bond acceptors (Lipinski definition) is 3. The van der Waals surface area contributed by atoms with E-state index in [1.165, 1.54) is 0 Å². The van der Waals surface area contributed by atoms with Crippen LogP contribution in [0, 0.1) is 5.92 Å². The van der Waals surface area contributed by atoms with Crippen LogP contribution in [-0.4, -0.2) is 34.0 Å². The number of para-hydroxylation sites is 1. The second kappa shape index (κ2) is 8.08. The van der Waals surface area contributed by atoms with E-state index in [4.69, 9.17) is 23.2 Å². The molecule has 0 saturated carbocycles. The van der Waals surface area contributed by atoms with Crippen LogP contribution in [0.4, 0.5) is 0 Å². The normalized spacial score (nSPS) is 16.9. The van der Waals surface area contributed by atoms with Gasteiger partial charge in [0.05, 0.1) is 17.5 Å². The van der Waals surface area contributed by atoms with Crippen molar-refractivity contribution in [2.75, 3.05) is 13.1 Å². The van der Waals surface area contributed by atoms with Gasteiger partial charge in [-0.1, -0.05) is 47.5 Å². The monoisotopic (exact) mass is 414 g/mol. The van der Waals surface area contributed by atoms with Gasteiger partial charge in [0.1, 0.15) is 0 Å². The Morgan fingerprint density at radius 3 is 2.57 bits per heavy atom. The first-order valence-corrected chi connectivity index (χ1v) is 10.0. The highest BCUT2D eigenvalue weighted by Gasteiger charge is 2.31. The molecule has 28 heavy (non-hydrogen) atoms. The first-order chi connectivity index (χ1) is 13.5. The lowest BCUT2D eigenvalue weighted by Gasteiger charge is -2.37. The Morgan fingerprint density at radius 2 is 1.86 bits per heavy atom. The summed E-state index contributed by atoms with van der Waals surface area (Å²) in [5, 5.41) is 11.6. The topological polar surface area (TPSA) is 53.4 Å². The molecule has 0 amide bonds. The maximum Gasteiger partial charge on any atom is 0.306 e. The minimum atomic E-state index is -0.715. The minimum Gasteiger partial charge on any atom is -0.481 e. The third-order valence-electron chi connectivity index (χ3n) is 5.43. The van der Waals surface area contributed by atoms with Crippen molar-refractivity contribution >= 4 is 40.1 Å². The summed E-state index contributed by atoms with van der Waals surface area (Å²) in [6, 6.07) is 15.6. The average Bonchev–Trinajstić information content (AvgIpc) is 2.70. The Hall–Kier alpha value is -2.14. The fourth-order valence-corrected chi connectivity index (χ4v) is 4.46. The summed E-state index contributed by atoms with van der Waals surface area (Å²) >= 11 is 12.7. The number of aromatic nitrogens is 1. The summed E-state index contributed by atoms with van der Waals surface area (Å²) in [4.78, 5) is 18.3. The highest BCUT2D eigenvalue weighted by atomic mass is 35.5. The first kappa shape index (κ1) is 19.2. The molecule has 2 aromatic carbocycles. The van der Waals surface area contributed by atoms with E-state index in [0.29, 0.717) is 36.0 Å². The van der Waals surface area contributed by atoms with Gasteiger partial charge in [-0.05, 0) is 61.3 Å². The van der Waals surface area contributed by atoms with Crippen LogP contribution >= 0.6 is 23.2 Å². The zero-order valence-corrected chi connectivity index (χ0v) is 16.7. The molecule has 0 aliphatic carbocycles. The maximum absolute atomic E-state index is 11.3. The summed E-state index contributed by atoms with van der Waals surface area (Å²) < 4.78 is 0. The van der Waals surface area contributed by atoms with Crippen LogP contribution < -0.4 is 0 Å². The van der Waals surface area contributed by atoms with Crippen molar-refractivity contribution in [1.29, 1.82) is 0 Å². The van der Waals surface area contributed by atoms with Crippen molar-refractivity contribution in [2.24, 2.45) is 5.92 Å². The van der Waals surface area contributed by atoms with Crippen LogP contribution in [-0.2, 0) is 4.79 Å². The van der Waals surface area contributed by atoms with Crippen LogP contribution in [0.1, 0.15) is 30.0 Å². The van der Waals surface area contributed by atoms with Crippen molar-refractivity contribution in [1.82, 2.24) is 9.88 Å². The van der Waals surface area contributed by atoms with E-state index >= 15 is 0 Å². The van der Waals surface area contributed by atoms with Gasteiger partial charge in [0.25, 0.3) is 0 Å². The SMILES string of the molecule is O=C(O)C1CCN(C(c2cnc3ccccc3c2)c2ccc(Cl)cc2Cl)CC1. The van der Waals surface area contributed by atoms with Gasteiger partial charge in [-0.2, -0.15) is 0 Å². The molecule has 1 aliphatic heterocycles. The standard InChI is InChI=1S/C22H20Cl2N2O2/c23-17-5-6-18(19(24)12-17)21(26-9-7-14(8-10-26)22(27)28)16-11-15-3-1-2-4-20(15)25-13-16/h1-6,11-14,21H,7-10H2,(H,27,28). The largest absolute Gasteiger partial charge is 0.481 e. The molecule has 0 bridgehead atoms. The number of carbonyl (C=O) groups is 1. The first-order valence-electron chi connectivity index (χ1n) is 9.29. The molecule has 1 unspecified atom stereocenters. The van der Waals surface area contributed by atoms with Crippen LogP contribution in [0.25, 0.3) is 10.9 Å². The molecule has 6 heteroatoms. The number of fused-ring (bicyclic) bond motifs is 1. The number of benzene rings is 2. The molecule has 3 aromatic rings. The van der Waals surface area contributed by atoms with E-state index in [9.17, 15) is 9.90 Å². The van der Waals surface area contributed by atoms with E-state index in [1.807, 2.05) is 42.6 Å². The van der Waals surface area contributed by atoms with E-state index in [-0.39, 0.29) is 12.0 Å². The summed E-state index contributed by atoms with van der Waals surface area (Å²) in [5.74, 6) is -1.000. The predicted molar refractivity (Wildman–Crippen MR) is 112 cm³/mol. The predicted octanol–water partition coefficient (Wildman–Crippen LogP) is 5.43. The highest BCUT2D eigenvalue weighted by molar-refractivity contribution is 6.35. The molecule has 1 aliphatic rings. The van der Waals surface area contributed by atoms with Crippen molar-refractivity contribution in [3.05, 3.63) is 75.9 Å². The Labute approximate surface area is 173 Å². The maximum atomic E-state index is 11.3. The second-order valence-electron chi connectivity index (χ2n) is 7.18. The molecule has 1 N–H and O–H groups in total. The number of halogens is 2. The lowest BCUT2D eigenvalue weighted by atomic mass is 9.91. The lowest BCUT2D eigenvalue weighted by molar-refractivity contribution is -0.143. The van der Waals surface area contributed by atoms with Gasteiger partial charge in [0.2, 0.25) is 0 Å². The second-order valence-corrected chi connectivity index (χ2v) is 8.02. The number of carboxylic acids is 1. The van der Waals surface area contributed by atoms with Crippen molar-refractivity contribution in [2.45, 2.75) is 18.9 Å². The number of pyridine rings is 1. The van der Waals surface area contributed by atoms with Gasteiger partial charge in [0, 0.05) is 21.6 Å². The fraction of sp³-hybridized carbons (Fsp3) is 0.273. The molecule has 1 saturated heterocycles. The third kappa shape index (κ3) is 3.86. The van der Waals surface area contributed by atoms with Gasteiger partial charge < -0.3 is 5.11 Å². The Kier molecular flexibility index (Phi) is 5.54. The Balaban J connectivity index is 1.75. The molecular formula is C22H20Cl2N2O2. The van der Waals surface area contributed by atoms with E-state index in [1.54, 1.807) is 6.07 Å². The van der Waals surface area contributed by atoms with Crippen LogP contribution in [0.3, 0.4) is 0 Å². The van der Waals surface area contributed by atoms with E-state index in [2.05, 4.69) is 16.0 Å². The summed E-state index contributed by atoms with van der Waals surface area (Å²) in [6.07, 6.45) is 3.14. The van der Waals surface area contributed by atoms with Crippen LogP contribution in [0.15, 0.2) is 54.7 Å². The zero-order chi connectivity index (χ0) is 19.7. The van der Waals surface area contributed by atoms with Gasteiger partial charge in [0.15, 0.2) is 0 Å². The van der Waals surface area contributed by atoms with Gasteiger partial charge in [-0.25, -0.2) is 0 Å². The van der Waals surface area contributed by atoms with E-state index in [0.717, 1.165) is 22.0 Å². The van der Waals surface area contributed by atoms with Crippen LogP contribution in [0.5, 0.6) is 0 Å². The Bertz CT molecular complexity index is 1020. The summed E-state index contributed by atoms with van der Waals surface area (Å²) in [6.45, 7) is 1.38. The van der Waals surface area contributed by atoms with Gasteiger partial charge in [-0.15, -0.1) is 0 Å². The molecule has 4 nitrogen and oxygen atoms in total. The van der Waals surface area contributed by atoms with Crippen LogP contribution in [0.2, 0.25) is 10.0 Å². The molecule has 1 atom stereocenters. The molecule has 1 aromatic heterocycles. The number of carboxylic acid groups (broad SMARTS) is 1. The number of likely N-dealkylation sites (tertiary alicyclic amines) is 1. The number of piperidine rings is 1. The molecule has 144 valence electrons. The molecular weight excluding hydrogens is 395 g/mol. The number of hydrogen-bond donors (Lipinski definition) is 1. The number of nitrogens with zero attached hydrogens (tertiary/aromatic N) is 2. The van der Waals surface area contributed by atoms with E-state index < -0.39 is 5.97 Å². The lowest BCUT2D eigenvalue weighted by Crippen LogP contribution is -2.39. The van der Waals surface area contributed by atoms with Crippen molar-refractivity contribution < 1.29 is 9.90 Å². The number of rotatable bonds is 4. The molecule has 0 spiro atoms. The minimum absolute atomic E-state index is 0.100. The highest BCUT2D eigenvalue weighted by Crippen LogP contribution is 2.37. The Morgan fingerprint density at radius 1 is 1.11 bits per heavy atom. The summed E-state index contributed by atoms with van der Waals surface area (Å²) in [5.41, 5.74) is 2.94. The van der Waals surface area contributed by atoms with Gasteiger partial charge >= 0.3 is 5.97 Å². The quantitative estimate of drug-likeness (QED) is 0.618. The molecule has 0 radical (unpaired) electrons. The van der Waals surface area contributed by atoms with Crippen molar-refractivity contribution in [3.63, 3.8) is 0 Å². The summed E-state index contributed by atoms with van der Waals surface area (Å²) in [7, 11) is 0. The third-order valence-corrected chi connectivity index (χ3v) is 5.99. The number of aliphatic carboxylic acids is 1. The van der Waals surface area contributed by atoms with Crippen molar-refractivity contribution in [3.8, 4) is 0 Å². The average molecular weight is 415 g/mol. The fourth-order valence-electron chi connectivity index (χ4n) is 3.95. The molecule has 4 rings (SSSR count). The molecule has 2 heterocycles. The molecule has 1 fully saturated rings.